The van der Waals surface area contributed by atoms with Crippen molar-refractivity contribution in [1.82, 2.24) is 14.8 Å². The Bertz CT molecular complexity index is 524. The van der Waals surface area contributed by atoms with E-state index >= 15 is 0 Å². The van der Waals surface area contributed by atoms with Crippen molar-refractivity contribution in [1.29, 1.82) is 0 Å². The van der Waals surface area contributed by atoms with Gasteiger partial charge in [-0.15, -0.1) is 0 Å². The molecule has 102 valence electrons. The molecule has 1 heterocycles. The lowest BCUT2D eigenvalue weighted by Gasteiger charge is -2.16. The molecule has 19 heavy (non-hydrogen) atoms. The van der Waals surface area contributed by atoms with Gasteiger partial charge in [0.2, 0.25) is 0 Å². The monoisotopic (exact) mass is 278 g/mol. The summed E-state index contributed by atoms with van der Waals surface area (Å²) in [6.07, 6.45) is 3.40. The van der Waals surface area contributed by atoms with Crippen LogP contribution in [0.25, 0.3) is 0 Å². The van der Waals surface area contributed by atoms with Crippen LogP contribution < -0.4 is 5.73 Å². The number of benzene rings is 1. The van der Waals surface area contributed by atoms with Crippen LogP contribution in [0.5, 0.6) is 0 Å². The zero-order valence-corrected chi connectivity index (χ0v) is 11.8. The molecule has 0 fully saturated rings. The van der Waals surface area contributed by atoms with Crippen molar-refractivity contribution in [2.24, 2.45) is 5.73 Å². The van der Waals surface area contributed by atoms with Gasteiger partial charge < -0.3 is 5.73 Å². The molecule has 1 aromatic heterocycles. The number of hydrogen-bond acceptors (Lipinski definition) is 3. The van der Waals surface area contributed by atoms with Gasteiger partial charge in [0.25, 0.3) is 0 Å². The van der Waals surface area contributed by atoms with Crippen LogP contribution in [-0.4, -0.2) is 21.3 Å². The molecule has 2 N–H and O–H groups in total. The normalized spacial score (nSPS) is 12.6. The number of halogens is 1. The maximum Gasteiger partial charge on any atom is 0.138 e. The van der Waals surface area contributed by atoms with Crippen LogP contribution in [0.3, 0.4) is 0 Å². The highest BCUT2D eigenvalue weighted by Crippen LogP contribution is 2.26. The highest BCUT2D eigenvalue weighted by Gasteiger charge is 2.16. The molecule has 1 atom stereocenters. The van der Waals surface area contributed by atoms with Gasteiger partial charge in [0, 0.05) is 23.9 Å². The van der Waals surface area contributed by atoms with Crippen LogP contribution in [-0.2, 0) is 13.0 Å². The first-order valence-corrected chi connectivity index (χ1v) is 6.95. The van der Waals surface area contributed by atoms with Crippen molar-refractivity contribution in [3.05, 3.63) is 47.0 Å². The molecule has 4 nitrogen and oxygen atoms in total. The van der Waals surface area contributed by atoms with Gasteiger partial charge in [-0.1, -0.05) is 36.7 Å². The van der Waals surface area contributed by atoms with Crippen LogP contribution in [0.2, 0.25) is 5.02 Å². The number of rotatable bonds is 6. The summed E-state index contributed by atoms with van der Waals surface area (Å²) in [5.41, 5.74) is 6.98. The van der Waals surface area contributed by atoms with Gasteiger partial charge in [-0.25, -0.2) is 4.98 Å². The van der Waals surface area contributed by atoms with E-state index in [1.807, 2.05) is 28.9 Å². The van der Waals surface area contributed by atoms with Gasteiger partial charge in [0.15, 0.2) is 0 Å². The second kappa shape index (κ2) is 6.68. The molecule has 0 aliphatic carbocycles. The predicted molar refractivity (Wildman–Crippen MR) is 77.3 cm³/mol. The van der Waals surface area contributed by atoms with Crippen molar-refractivity contribution in [2.75, 3.05) is 6.54 Å². The van der Waals surface area contributed by atoms with Crippen molar-refractivity contribution in [3.8, 4) is 0 Å². The summed E-state index contributed by atoms with van der Waals surface area (Å²) >= 11 is 6.24. The number of aromatic nitrogens is 3. The summed E-state index contributed by atoms with van der Waals surface area (Å²) in [6, 6.07) is 7.84. The Kier molecular flexibility index (Phi) is 4.93. The van der Waals surface area contributed by atoms with E-state index in [2.05, 4.69) is 17.0 Å². The second-order valence-electron chi connectivity index (χ2n) is 4.56. The average Bonchev–Trinajstić information content (AvgIpc) is 2.85. The third kappa shape index (κ3) is 3.33. The summed E-state index contributed by atoms with van der Waals surface area (Å²) < 4.78 is 1.94. The fraction of sp³-hybridized carbons (Fsp3) is 0.429. The summed E-state index contributed by atoms with van der Waals surface area (Å²) in [4.78, 5) is 4.33. The Morgan fingerprint density at radius 1 is 1.37 bits per heavy atom. The van der Waals surface area contributed by atoms with Gasteiger partial charge in [-0.3, -0.25) is 4.68 Å². The molecule has 1 aromatic carbocycles. The van der Waals surface area contributed by atoms with E-state index in [1.54, 1.807) is 6.33 Å². The van der Waals surface area contributed by atoms with E-state index in [1.165, 1.54) is 0 Å². The molecule has 2 aromatic rings. The van der Waals surface area contributed by atoms with Crippen molar-refractivity contribution >= 4 is 11.6 Å². The van der Waals surface area contributed by atoms with Gasteiger partial charge in [-0.2, -0.15) is 5.10 Å². The predicted octanol–water partition coefficient (Wildman–Crippen LogP) is 2.63. The van der Waals surface area contributed by atoms with E-state index in [0.717, 1.165) is 35.8 Å². The fourth-order valence-electron chi connectivity index (χ4n) is 2.19. The number of nitrogens with zero attached hydrogens (tertiary/aromatic N) is 3. The molecule has 0 saturated carbocycles. The van der Waals surface area contributed by atoms with Crippen molar-refractivity contribution < 1.29 is 0 Å². The summed E-state index contributed by atoms with van der Waals surface area (Å²) in [5, 5.41) is 5.00. The van der Waals surface area contributed by atoms with Gasteiger partial charge >= 0.3 is 0 Å². The third-order valence-electron chi connectivity index (χ3n) is 3.19. The Labute approximate surface area is 118 Å². The highest BCUT2D eigenvalue weighted by atomic mass is 35.5. The van der Waals surface area contributed by atoms with E-state index < -0.39 is 0 Å². The third-order valence-corrected chi connectivity index (χ3v) is 3.53. The number of nitrogens with two attached hydrogens (primary N) is 1. The molecule has 0 spiro atoms. The molecule has 0 radical (unpaired) electrons. The molecule has 0 amide bonds. The minimum Gasteiger partial charge on any atom is -0.330 e. The molecular weight excluding hydrogens is 260 g/mol. The molecule has 1 unspecified atom stereocenters. The summed E-state index contributed by atoms with van der Waals surface area (Å²) in [7, 11) is 0. The molecule has 0 saturated heterocycles. The summed E-state index contributed by atoms with van der Waals surface area (Å²) in [5.74, 6) is 1.14. The quantitative estimate of drug-likeness (QED) is 0.884. The minimum absolute atomic E-state index is 0.175. The fourth-order valence-corrected chi connectivity index (χ4v) is 2.48. The lowest BCUT2D eigenvalue weighted by molar-refractivity contribution is 0.545. The van der Waals surface area contributed by atoms with E-state index in [9.17, 15) is 0 Å². The zero-order chi connectivity index (χ0) is 13.7. The first-order chi connectivity index (χ1) is 9.26. The summed E-state index contributed by atoms with van der Waals surface area (Å²) in [6.45, 7) is 3.55. The van der Waals surface area contributed by atoms with Crippen LogP contribution in [0.15, 0.2) is 30.6 Å². The SMILES string of the molecule is CCCn1ncnc1CC(CN)c1ccccc1Cl. The van der Waals surface area contributed by atoms with Crippen LogP contribution in [0.1, 0.15) is 30.7 Å². The van der Waals surface area contributed by atoms with Crippen LogP contribution in [0.4, 0.5) is 0 Å². The topological polar surface area (TPSA) is 56.7 Å². The maximum atomic E-state index is 6.24. The van der Waals surface area contributed by atoms with E-state index in [-0.39, 0.29) is 5.92 Å². The van der Waals surface area contributed by atoms with E-state index in [4.69, 9.17) is 17.3 Å². The Morgan fingerprint density at radius 3 is 2.84 bits per heavy atom. The molecule has 0 aliphatic rings. The number of aryl methyl sites for hydroxylation is 1. The Balaban J connectivity index is 2.19. The van der Waals surface area contributed by atoms with Gasteiger partial charge in [0.05, 0.1) is 0 Å². The molecule has 0 aliphatic heterocycles. The second-order valence-corrected chi connectivity index (χ2v) is 4.96. The lowest BCUT2D eigenvalue weighted by atomic mass is 9.95. The largest absolute Gasteiger partial charge is 0.330 e. The molecule has 2 rings (SSSR count). The van der Waals surface area contributed by atoms with E-state index in [0.29, 0.717) is 6.54 Å². The minimum atomic E-state index is 0.175. The Hall–Kier alpha value is -1.39. The Morgan fingerprint density at radius 2 is 2.16 bits per heavy atom. The average molecular weight is 279 g/mol. The van der Waals surface area contributed by atoms with Gasteiger partial charge in [-0.05, 0) is 24.6 Å². The standard InChI is InChI=1S/C14H19ClN4/c1-2-7-19-14(17-10-18-19)8-11(9-16)12-5-3-4-6-13(12)15/h3-6,10-11H,2,7-9,16H2,1H3. The van der Waals surface area contributed by atoms with Crippen molar-refractivity contribution in [3.63, 3.8) is 0 Å². The first kappa shape index (κ1) is 14.0. The van der Waals surface area contributed by atoms with Crippen LogP contribution >= 0.6 is 11.6 Å². The first-order valence-electron chi connectivity index (χ1n) is 6.57. The maximum absolute atomic E-state index is 6.24. The molecule has 0 bridgehead atoms. The molecular formula is C14H19ClN4. The number of hydrogen-bond donors (Lipinski definition) is 1. The van der Waals surface area contributed by atoms with Crippen LogP contribution in [0, 0.1) is 0 Å². The highest BCUT2D eigenvalue weighted by molar-refractivity contribution is 6.31. The van der Waals surface area contributed by atoms with Crippen molar-refractivity contribution in [2.45, 2.75) is 32.2 Å². The zero-order valence-electron chi connectivity index (χ0n) is 11.1. The molecule has 5 heteroatoms. The lowest BCUT2D eigenvalue weighted by Crippen LogP contribution is -2.18. The smallest absolute Gasteiger partial charge is 0.138 e. The van der Waals surface area contributed by atoms with Gasteiger partial charge in [0.1, 0.15) is 12.2 Å².